The molecule has 0 saturated heterocycles. The van der Waals surface area contributed by atoms with Crippen molar-refractivity contribution in [2.45, 2.75) is 32.4 Å². The monoisotopic (exact) mass is 576 g/mol. The molecule has 5 nitrogen and oxygen atoms in total. The molecule has 1 N–H and O–H groups in total. The van der Waals surface area contributed by atoms with Gasteiger partial charge in [0.2, 0.25) is 5.91 Å². The molecule has 0 unspecified atom stereocenters. The van der Waals surface area contributed by atoms with Crippen molar-refractivity contribution >= 4 is 50.9 Å². The Morgan fingerprint density at radius 2 is 1.74 bits per heavy atom. The minimum atomic E-state index is -0.722. The molecule has 35 heavy (non-hydrogen) atoms. The molecular formula is C27H27BrCl2N2O3. The highest BCUT2D eigenvalue weighted by Crippen LogP contribution is 2.27. The Labute approximate surface area is 224 Å². The molecule has 3 rings (SSSR count). The van der Waals surface area contributed by atoms with E-state index in [1.807, 2.05) is 61.5 Å². The van der Waals surface area contributed by atoms with Gasteiger partial charge in [0.05, 0.1) is 5.02 Å². The van der Waals surface area contributed by atoms with Gasteiger partial charge in [-0.05, 0) is 47.9 Å². The van der Waals surface area contributed by atoms with Gasteiger partial charge in [-0.2, -0.15) is 0 Å². The van der Waals surface area contributed by atoms with Crippen LogP contribution in [0.1, 0.15) is 24.5 Å². The zero-order chi connectivity index (χ0) is 25.2. The number of halogens is 3. The lowest BCUT2D eigenvalue weighted by Gasteiger charge is -2.31. The Bertz CT molecular complexity index is 1140. The Balaban J connectivity index is 1.90. The summed E-state index contributed by atoms with van der Waals surface area (Å²) in [7, 11) is 0. The Morgan fingerprint density at radius 1 is 1.00 bits per heavy atom. The summed E-state index contributed by atoms with van der Waals surface area (Å²) in [5, 5.41) is 3.74. The van der Waals surface area contributed by atoms with Crippen molar-refractivity contribution in [1.29, 1.82) is 0 Å². The third kappa shape index (κ3) is 8.27. The summed E-state index contributed by atoms with van der Waals surface area (Å²) in [6.45, 7) is 2.48. The number of benzene rings is 3. The van der Waals surface area contributed by atoms with Crippen LogP contribution < -0.4 is 10.1 Å². The second-order valence-corrected chi connectivity index (χ2v) is 9.77. The number of carbonyl (C=O) groups is 2. The number of hydrogen-bond donors (Lipinski definition) is 1. The fourth-order valence-corrected chi connectivity index (χ4v) is 4.48. The van der Waals surface area contributed by atoms with Gasteiger partial charge < -0.3 is 15.0 Å². The van der Waals surface area contributed by atoms with E-state index >= 15 is 0 Å². The van der Waals surface area contributed by atoms with Gasteiger partial charge in [-0.3, -0.25) is 9.59 Å². The van der Waals surface area contributed by atoms with Crippen LogP contribution in [-0.2, 0) is 22.6 Å². The number of nitrogens with zero attached hydrogens (tertiary/aromatic N) is 1. The van der Waals surface area contributed by atoms with Gasteiger partial charge >= 0.3 is 0 Å². The van der Waals surface area contributed by atoms with E-state index in [4.69, 9.17) is 27.9 Å². The van der Waals surface area contributed by atoms with Crippen molar-refractivity contribution in [1.82, 2.24) is 10.2 Å². The highest BCUT2D eigenvalue weighted by molar-refractivity contribution is 9.10. The zero-order valence-corrected chi connectivity index (χ0v) is 22.4. The summed E-state index contributed by atoms with van der Waals surface area (Å²) in [6.07, 6.45) is 1.17. The van der Waals surface area contributed by atoms with E-state index in [9.17, 15) is 9.59 Å². The van der Waals surface area contributed by atoms with Gasteiger partial charge in [0, 0.05) is 29.0 Å². The standard InChI is InChI=1S/C27H27BrCl2N2O3/c1-2-13-31-27(34)24(15-19-7-4-3-5-8-19)32(17-20-9-6-10-21(28)14-20)26(33)18-35-25-12-11-22(29)16-23(25)30/h3-12,14,16,24H,2,13,15,17-18H2,1H3,(H,31,34)/t24-/m1/s1. The van der Waals surface area contributed by atoms with Crippen LogP contribution in [-0.4, -0.2) is 35.9 Å². The van der Waals surface area contributed by atoms with Gasteiger partial charge in [-0.25, -0.2) is 0 Å². The molecule has 3 aromatic carbocycles. The second-order valence-electron chi connectivity index (χ2n) is 8.01. The molecule has 0 saturated carbocycles. The van der Waals surface area contributed by atoms with Crippen LogP contribution >= 0.6 is 39.1 Å². The predicted octanol–water partition coefficient (Wildman–Crippen LogP) is 6.30. The lowest BCUT2D eigenvalue weighted by molar-refractivity contribution is -0.142. The summed E-state index contributed by atoms with van der Waals surface area (Å²) < 4.78 is 6.62. The largest absolute Gasteiger partial charge is 0.482 e. The first-order valence-corrected chi connectivity index (χ1v) is 12.9. The normalized spacial score (nSPS) is 11.5. The molecule has 8 heteroatoms. The fourth-order valence-electron chi connectivity index (χ4n) is 3.57. The van der Waals surface area contributed by atoms with Crippen molar-refractivity contribution in [2.24, 2.45) is 0 Å². The Morgan fingerprint density at radius 3 is 2.43 bits per heavy atom. The summed E-state index contributed by atoms with van der Waals surface area (Å²) >= 11 is 15.7. The minimum Gasteiger partial charge on any atom is -0.482 e. The first kappa shape index (κ1) is 27.1. The molecule has 0 spiro atoms. The Kier molecular flexibility index (Phi) is 10.5. The summed E-state index contributed by atoms with van der Waals surface area (Å²) in [4.78, 5) is 28.4. The van der Waals surface area contributed by atoms with E-state index in [2.05, 4.69) is 21.2 Å². The average Bonchev–Trinajstić information content (AvgIpc) is 2.84. The molecule has 0 fully saturated rings. The molecule has 2 amide bonds. The van der Waals surface area contributed by atoms with E-state index in [1.54, 1.807) is 23.1 Å². The molecule has 0 aliphatic rings. The maximum absolute atomic E-state index is 13.5. The van der Waals surface area contributed by atoms with Crippen molar-refractivity contribution in [3.05, 3.63) is 98.4 Å². The minimum absolute atomic E-state index is 0.205. The maximum Gasteiger partial charge on any atom is 0.261 e. The number of rotatable bonds is 11. The molecule has 0 aliphatic heterocycles. The summed E-state index contributed by atoms with van der Waals surface area (Å²) in [5.74, 6) is -0.186. The topological polar surface area (TPSA) is 58.6 Å². The summed E-state index contributed by atoms with van der Waals surface area (Å²) in [6, 6.07) is 21.4. The van der Waals surface area contributed by atoms with Crippen LogP contribution in [0.5, 0.6) is 5.75 Å². The van der Waals surface area contributed by atoms with E-state index in [1.165, 1.54) is 0 Å². The van der Waals surface area contributed by atoms with Gasteiger partial charge in [0.25, 0.3) is 5.91 Å². The summed E-state index contributed by atoms with van der Waals surface area (Å²) in [5.41, 5.74) is 1.84. The van der Waals surface area contributed by atoms with Crippen LogP contribution in [0.15, 0.2) is 77.3 Å². The number of nitrogens with one attached hydrogen (secondary N) is 1. The zero-order valence-electron chi connectivity index (χ0n) is 19.3. The second kappa shape index (κ2) is 13.5. The van der Waals surface area contributed by atoms with Crippen LogP contribution in [0, 0.1) is 0 Å². The number of hydrogen-bond acceptors (Lipinski definition) is 3. The maximum atomic E-state index is 13.5. The molecule has 0 aromatic heterocycles. The smallest absolute Gasteiger partial charge is 0.261 e. The predicted molar refractivity (Wildman–Crippen MR) is 144 cm³/mol. The molecule has 3 aromatic rings. The number of carbonyl (C=O) groups excluding carboxylic acids is 2. The molecular weight excluding hydrogens is 551 g/mol. The lowest BCUT2D eigenvalue weighted by Crippen LogP contribution is -2.51. The highest BCUT2D eigenvalue weighted by Gasteiger charge is 2.30. The Hall–Kier alpha value is -2.54. The van der Waals surface area contributed by atoms with E-state index < -0.39 is 6.04 Å². The van der Waals surface area contributed by atoms with E-state index in [0.29, 0.717) is 28.8 Å². The molecule has 184 valence electrons. The molecule has 0 bridgehead atoms. The van der Waals surface area contributed by atoms with E-state index in [-0.39, 0.29) is 25.0 Å². The quantitative estimate of drug-likeness (QED) is 0.291. The van der Waals surface area contributed by atoms with Crippen molar-refractivity contribution in [3.63, 3.8) is 0 Å². The van der Waals surface area contributed by atoms with E-state index in [0.717, 1.165) is 22.0 Å². The molecule has 0 radical (unpaired) electrons. The lowest BCUT2D eigenvalue weighted by atomic mass is 10.0. The first-order chi connectivity index (χ1) is 16.9. The van der Waals surface area contributed by atoms with Crippen LogP contribution in [0.3, 0.4) is 0 Å². The average molecular weight is 578 g/mol. The highest BCUT2D eigenvalue weighted by atomic mass is 79.9. The third-order valence-electron chi connectivity index (χ3n) is 5.31. The first-order valence-electron chi connectivity index (χ1n) is 11.3. The van der Waals surface area contributed by atoms with Gasteiger partial charge in [0.1, 0.15) is 11.8 Å². The van der Waals surface area contributed by atoms with Gasteiger partial charge in [0.15, 0.2) is 6.61 Å². The van der Waals surface area contributed by atoms with Crippen LogP contribution in [0.25, 0.3) is 0 Å². The van der Waals surface area contributed by atoms with Gasteiger partial charge in [-0.15, -0.1) is 0 Å². The SMILES string of the molecule is CCCNC(=O)[C@@H](Cc1ccccc1)N(Cc1cccc(Br)c1)C(=O)COc1ccc(Cl)cc1Cl. The number of ether oxygens (including phenoxy) is 1. The van der Waals surface area contributed by atoms with Crippen LogP contribution in [0.4, 0.5) is 0 Å². The third-order valence-corrected chi connectivity index (χ3v) is 6.33. The van der Waals surface area contributed by atoms with Crippen molar-refractivity contribution in [2.75, 3.05) is 13.2 Å². The number of amides is 2. The fraction of sp³-hybridized carbons (Fsp3) is 0.259. The van der Waals surface area contributed by atoms with Crippen molar-refractivity contribution < 1.29 is 14.3 Å². The van der Waals surface area contributed by atoms with Gasteiger partial charge in [-0.1, -0.05) is 88.5 Å². The van der Waals surface area contributed by atoms with Crippen molar-refractivity contribution in [3.8, 4) is 5.75 Å². The molecule has 0 aliphatic carbocycles. The van der Waals surface area contributed by atoms with Crippen LogP contribution in [0.2, 0.25) is 10.0 Å². The molecule has 0 heterocycles. The molecule has 1 atom stereocenters.